The van der Waals surface area contributed by atoms with Crippen molar-refractivity contribution in [1.29, 1.82) is 0 Å². The summed E-state index contributed by atoms with van der Waals surface area (Å²) < 4.78 is 11.7. The van der Waals surface area contributed by atoms with Gasteiger partial charge in [-0.2, -0.15) is 0 Å². The first-order valence-corrected chi connectivity index (χ1v) is 11.8. The summed E-state index contributed by atoms with van der Waals surface area (Å²) >= 11 is 0. The molecule has 1 aliphatic rings. The summed E-state index contributed by atoms with van der Waals surface area (Å²) in [4.78, 5) is 15.7. The van der Waals surface area contributed by atoms with Crippen molar-refractivity contribution in [2.45, 2.75) is 20.3 Å². The Labute approximate surface area is 198 Å². The Morgan fingerprint density at radius 3 is 2.44 bits per heavy atom. The zero-order chi connectivity index (χ0) is 23.2. The third-order valence-corrected chi connectivity index (χ3v) is 6.89. The van der Waals surface area contributed by atoms with Crippen LogP contribution in [0.3, 0.4) is 0 Å². The van der Waals surface area contributed by atoms with E-state index in [1.807, 2.05) is 30.3 Å². The minimum Gasteiger partial charge on any atom is -0.464 e. The van der Waals surface area contributed by atoms with E-state index in [9.17, 15) is 4.79 Å². The molecule has 0 fully saturated rings. The quantitative estimate of drug-likeness (QED) is 0.264. The van der Waals surface area contributed by atoms with Gasteiger partial charge >= 0.3 is 5.63 Å². The number of rotatable bonds is 5. The predicted molar refractivity (Wildman–Crippen MR) is 137 cm³/mol. The van der Waals surface area contributed by atoms with Gasteiger partial charge in [0.2, 0.25) is 0 Å². The molecular formula is C30H25NO3. The SMILES string of the molecule is CCN(CC)c1ccc2cc(-c3c(-c4ccco4)ccc4c3Cc3ccccc3-4)c(=O)oc2c1. The number of hydrogen-bond acceptors (Lipinski definition) is 4. The van der Waals surface area contributed by atoms with Crippen LogP contribution in [-0.2, 0) is 6.42 Å². The second kappa shape index (κ2) is 8.07. The van der Waals surface area contributed by atoms with Crippen LogP contribution in [0.4, 0.5) is 5.69 Å². The normalized spacial score (nSPS) is 12.1. The van der Waals surface area contributed by atoms with Gasteiger partial charge in [0.05, 0.1) is 11.8 Å². The van der Waals surface area contributed by atoms with E-state index >= 15 is 0 Å². The van der Waals surface area contributed by atoms with Crippen molar-refractivity contribution in [3.63, 3.8) is 0 Å². The first-order valence-electron chi connectivity index (χ1n) is 11.8. The lowest BCUT2D eigenvalue weighted by Crippen LogP contribution is -2.21. The van der Waals surface area contributed by atoms with Gasteiger partial charge in [-0.05, 0) is 78.9 Å². The van der Waals surface area contributed by atoms with E-state index < -0.39 is 0 Å². The molecule has 0 spiro atoms. The standard InChI is InChI=1S/C30H25NO3/c1-3-31(4-2)21-12-11-20-17-26(30(32)34-28(20)18-21)29-24(27-10-7-15-33-27)14-13-23-22-9-6-5-8-19(22)16-25(23)29/h5-15,17-18H,3-4,16H2,1-2H3. The molecule has 0 unspecified atom stereocenters. The molecule has 2 aromatic heterocycles. The molecule has 34 heavy (non-hydrogen) atoms. The summed E-state index contributed by atoms with van der Waals surface area (Å²) in [6.07, 6.45) is 2.44. The van der Waals surface area contributed by atoms with Gasteiger partial charge in [0.25, 0.3) is 0 Å². The first-order chi connectivity index (χ1) is 16.7. The molecule has 0 radical (unpaired) electrons. The van der Waals surface area contributed by atoms with E-state index in [1.165, 1.54) is 11.1 Å². The molecule has 2 heterocycles. The van der Waals surface area contributed by atoms with Crippen molar-refractivity contribution < 1.29 is 8.83 Å². The highest BCUT2D eigenvalue weighted by Crippen LogP contribution is 2.45. The van der Waals surface area contributed by atoms with Crippen molar-refractivity contribution in [2.75, 3.05) is 18.0 Å². The highest BCUT2D eigenvalue weighted by atomic mass is 16.4. The van der Waals surface area contributed by atoms with Crippen LogP contribution in [0.2, 0.25) is 0 Å². The number of hydrogen-bond donors (Lipinski definition) is 0. The molecule has 0 aliphatic heterocycles. The summed E-state index contributed by atoms with van der Waals surface area (Å²) in [5.41, 5.74) is 8.49. The third-order valence-electron chi connectivity index (χ3n) is 6.89. The van der Waals surface area contributed by atoms with E-state index in [2.05, 4.69) is 61.2 Å². The molecule has 0 atom stereocenters. The summed E-state index contributed by atoms with van der Waals surface area (Å²) in [5.74, 6) is 0.741. The van der Waals surface area contributed by atoms with Crippen molar-refractivity contribution in [1.82, 2.24) is 0 Å². The topological polar surface area (TPSA) is 46.6 Å². The fourth-order valence-electron chi connectivity index (χ4n) is 5.22. The molecule has 4 nitrogen and oxygen atoms in total. The maximum absolute atomic E-state index is 13.4. The van der Waals surface area contributed by atoms with Crippen molar-refractivity contribution >= 4 is 16.7 Å². The summed E-state index contributed by atoms with van der Waals surface area (Å²) in [5, 5.41) is 0.906. The minimum atomic E-state index is -0.332. The lowest BCUT2D eigenvalue weighted by atomic mass is 9.90. The molecule has 0 amide bonds. The predicted octanol–water partition coefficient (Wildman–Crippen LogP) is 7.14. The van der Waals surface area contributed by atoms with Crippen molar-refractivity contribution in [2.24, 2.45) is 0 Å². The molecule has 0 saturated carbocycles. The lowest BCUT2D eigenvalue weighted by Gasteiger charge is -2.21. The average Bonchev–Trinajstić information content (AvgIpc) is 3.52. The van der Waals surface area contributed by atoms with Crippen LogP contribution in [0.5, 0.6) is 0 Å². The highest BCUT2D eigenvalue weighted by Gasteiger charge is 2.26. The molecule has 168 valence electrons. The largest absolute Gasteiger partial charge is 0.464 e. The van der Waals surface area contributed by atoms with Crippen molar-refractivity contribution in [3.8, 4) is 33.6 Å². The second-order valence-electron chi connectivity index (χ2n) is 8.67. The van der Waals surface area contributed by atoms with Crippen LogP contribution in [0, 0.1) is 0 Å². The molecule has 0 saturated heterocycles. The molecule has 4 heteroatoms. The van der Waals surface area contributed by atoms with Crippen LogP contribution in [-0.4, -0.2) is 13.1 Å². The van der Waals surface area contributed by atoms with E-state index in [4.69, 9.17) is 8.83 Å². The highest BCUT2D eigenvalue weighted by molar-refractivity contribution is 5.94. The monoisotopic (exact) mass is 447 g/mol. The van der Waals surface area contributed by atoms with Crippen molar-refractivity contribution in [3.05, 3.63) is 101 Å². The van der Waals surface area contributed by atoms with E-state index in [0.717, 1.165) is 58.6 Å². The zero-order valence-corrected chi connectivity index (χ0v) is 19.3. The van der Waals surface area contributed by atoms with Crippen LogP contribution >= 0.6 is 0 Å². The maximum Gasteiger partial charge on any atom is 0.344 e. The van der Waals surface area contributed by atoms with Gasteiger partial charge in [0.15, 0.2) is 0 Å². The number of fused-ring (bicyclic) bond motifs is 4. The lowest BCUT2D eigenvalue weighted by molar-refractivity contribution is 0.563. The molecule has 0 bridgehead atoms. The van der Waals surface area contributed by atoms with Gasteiger partial charge < -0.3 is 13.7 Å². The van der Waals surface area contributed by atoms with Gasteiger partial charge in [-0.3, -0.25) is 0 Å². The Bertz CT molecular complexity index is 1570. The van der Waals surface area contributed by atoms with Gasteiger partial charge in [0, 0.05) is 41.4 Å². The van der Waals surface area contributed by atoms with Gasteiger partial charge in [-0.25, -0.2) is 4.79 Å². The van der Waals surface area contributed by atoms with Crippen LogP contribution in [0.25, 0.3) is 44.5 Å². The van der Waals surface area contributed by atoms with Crippen LogP contribution in [0.1, 0.15) is 25.0 Å². The van der Waals surface area contributed by atoms with Gasteiger partial charge in [-0.15, -0.1) is 0 Å². The Morgan fingerprint density at radius 2 is 1.65 bits per heavy atom. The molecule has 1 aliphatic carbocycles. The summed E-state index contributed by atoms with van der Waals surface area (Å²) in [7, 11) is 0. The first kappa shape index (κ1) is 20.5. The zero-order valence-electron chi connectivity index (χ0n) is 19.3. The van der Waals surface area contributed by atoms with Gasteiger partial charge in [-0.1, -0.05) is 30.3 Å². The molecule has 6 rings (SSSR count). The number of furan rings is 1. The Kier molecular flexibility index (Phi) is 4.88. The van der Waals surface area contributed by atoms with Crippen LogP contribution < -0.4 is 10.5 Å². The molecular weight excluding hydrogens is 422 g/mol. The Morgan fingerprint density at radius 1 is 0.824 bits per heavy atom. The Hall–Kier alpha value is -4.05. The smallest absolute Gasteiger partial charge is 0.344 e. The summed E-state index contributed by atoms with van der Waals surface area (Å²) in [6.45, 7) is 6.04. The Balaban J connectivity index is 1.59. The molecule has 3 aromatic carbocycles. The molecule has 5 aromatic rings. The summed E-state index contributed by atoms with van der Waals surface area (Å²) in [6, 6.07) is 24.5. The second-order valence-corrected chi connectivity index (χ2v) is 8.67. The minimum absolute atomic E-state index is 0.332. The van der Waals surface area contributed by atoms with Crippen LogP contribution in [0.15, 0.2) is 92.7 Å². The average molecular weight is 448 g/mol. The number of nitrogens with zero attached hydrogens (tertiary/aromatic N) is 1. The third kappa shape index (κ3) is 3.18. The fourth-order valence-corrected chi connectivity index (χ4v) is 5.22. The number of anilines is 1. The van der Waals surface area contributed by atoms with E-state index in [0.29, 0.717) is 11.1 Å². The van der Waals surface area contributed by atoms with E-state index in [-0.39, 0.29) is 5.63 Å². The van der Waals surface area contributed by atoms with Gasteiger partial charge in [0.1, 0.15) is 11.3 Å². The van der Waals surface area contributed by atoms with E-state index in [1.54, 1.807) is 6.26 Å². The fraction of sp³-hybridized carbons (Fsp3) is 0.167. The number of benzene rings is 3. The maximum atomic E-state index is 13.4. The molecule has 0 N–H and O–H groups in total.